The van der Waals surface area contributed by atoms with Crippen molar-refractivity contribution in [3.63, 3.8) is 0 Å². The molecule has 2 aromatic rings. The van der Waals surface area contributed by atoms with Gasteiger partial charge >= 0.3 is 0 Å². The number of carbonyl (C=O) groups excluding carboxylic acids is 2. The minimum absolute atomic E-state index is 0.0256. The average molecular weight is 381 g/mol. The smallest absolute Gasteiger partial charge is 0.279 e. The molecule has 1 aliphatic heterocycles. The number of aromatic nitrogens is 1. The van der Waals surface area contributed by atoms with Crippen LogP contribution in [0.5, 0.6) is 5.88 Å². The fourth-order valence-electron chi connectivity index (χ4n) is 2.47. The number of amides is 2. The molecular weight excluding hydrogens is 366 g/mol. The molecule has 2 amide bonds. The van der Waals surface area contributed by atoms with Crippen LogP contribution in [0.1, 0.15) is 6.42 Å². The summed E-state index contributed by atoms with van der Waals surface area (Å²) in [4.78, 5) is 26.3. The first-order chi connectivity index (χ1) is 11.0. The zero-order valence-corrected chi connectivity index (χ0v) is 13.6. The van der Waals surface area contributed by atoms with Crippen molar-refractivity contribution in [1.82, 2.24) is 10.3 Å². The number of benzene rings is 1. The van der Waals surface area contributed by atoms with Crippen molar-refractivity contribution in [1.29, 1.82) is 0 Å². The van der Waals surface area contributed by atoms with Gasteiger partial charge in [0.05, 0.1) is 25.0 Å². The third kappa shape index (κ3) is 3.40. The first-order valence-corrected chi connectivity index (χ1v) is 7.89. The van der Waals surface area contributed by atoms with Crippen molar-refractivity contribution in [2.45, 2.75) is 12.5 Å². The van der Waals surface area contributed by atoms with E-state index in [1.165, 1.54) is 0 Å². The van der Waals surface area contributed by atoms with E-state index in [1.54, 1.807) is 12.1 Å². The zero-order valence-electron chi connectivity index (χ0n) is 12.0. The molecule has 9 heteroatoms. The Bertz CT molecular complexity index is 801. The lowest BCUT2D eigenvalue weighted by atomic mass is 10.1. The van der Waals surface area contributed by atoms with Crippen LogP contribution in [-0.2, 0) is 9.59 Å². The Kier molecular flexibility index (Phi) is 4.39. The maximum absolute atomic E-state index is 11.9. The number of aromatic amines is 1. The van der Waals surface area contributed by atoms with Crippen molar-refractivity contribution >= 4 is 44.3 Å². The third-order valence-electron chi connectivity index (χ3n) is 3.60. The van der Waals surface area contributed by atoms with Gasteiger partial charge in [0, 0.05) is 9.86 Å². The monoisotopic (exact) mass is 380 g/mol. The number of nitrogens with zero attached hydrogens (tertiary/aromatic N) is 2. The van der Waals surface area contributed by atoms with Gasteiger partial charge in [0.2, 0.25) is 5.88 Å². The van der Waals surface area contributed by atoms with Crippen LogP contribution in [0.15, 0.2) is 32.9 Å². The van der Waals surface area contributed by atoms with Crippen LogP contribution in [0.4, 0.5) is 5.69 Å². The molecule has 1 saturated heterocycles. The predicted molar refractivity (Wildman–Crippen MR) is 85.4 cm³/mol. The number of azo groups is 1. The van der Waals surface area contributed by atoms with Crippen molar-refractivity contribution in [3.8, 4) is 5.88 Å². The van der Waals surface area contributed by atoms with Crippen LogP contribution in [0, 0.1) is 0 Å². The normalized spacial score (nSPS) is 18.5. The highest BCUT2D eigenvalue weighted by Crippen LogP contribution is 2.36. The number of aromatic hydroxyl groups is 1. The summed E-state index contributed by atoms with van der Waals surface area (Å²) < 4.78 is 0.820. The van der Waals surface area contributed by atoms with Gasteiger partial charge in [-0.05, 0) is 18.2 Å². The number of nitrogens with two attached hydrogens (primary N) is 1. The molecule has 0 aliphatic carbocycles. The maximum Gasteiger partial charge on any atom is 0.279 e. The number of rotatable bonds is 3. The lowest BCUT2D eigenvalue weighted by Gasteiger charge is -2.18. The average Bonchev–Trinajstić information content (AvgIpc) is 2.82. The van der Waals surface area contributed by atoms with Crippen molar-refractivity contribution < 1.29 is 20.0 Å². The van der Waals surface area contributed by atoms with E-state index in [0.29, 0.717) is 17.4 Å². The molecule has 23 heavy (non-hydrogen) atoms. The van der Waals surface area contributed by atoms with E-state index in [2.05, 4.69) is 36.5 Å². The van der Waals surface area contributed by atoms with Gasteiger partial charge in [0.25, 0.3) is 11.8 Å². The highest BCUT2D eigenvalue weighted by Gasteiger charge is 2.27. The topological polar surface area (TPSA) is 124 Å². The highest BCUT2D eigenvalue weighted by atomic mass is 79.9. The van der Waals surface area contributed by atoms with Gasteiger partial charge in [0.1, 0.15) is 0 Å². The standard InChI is InChI=1S/C14H14BrN5O3/c15-7-1-2-9-8(5-7)12(14(23)18-9)20-19-11(21)6-10-13(22)17-4-3-16-10/h1-2,5,10,16,18,23H,3-4,6H2,(H,17,22)/p+1/t10-/m1/s1. The number of nitrogens with one attached hydrogen (secondary N) is 2. The van der Waals surface area contributed by atoms with Gasteiger partial charge < -0.3 is 20.7 Å². The number of carbonyl (C=O) groups is 2. The summed E-state index contributed by atoms with van der Waals surface area (Å²) in [5.41, 5.74) is 0.888. The Labute approximate surface area is 139 Å². The summed E-state index contributed by atoms with van der Waals surface area (Å²) in [5, 5.41) is 22.5. The number of H-pyrrole nitrogens is 1. The van der Waals surface area contributed by atoms with Crippen LogP contribution in [0.25, 0.3) is 10.9 Å². The largest absolute Gasteiger partial charge is 0.493 e. The molecule has 0 bridgehead atoms. The quantitative estimate of drug-likeness (QED) is 0.585. The summed E-state index contributed by atoms with van der Waals surface area (Å²) in [6.45, 7) is 1.33. The lowest BCUT2D eigenvalue weighted by molar-refractivity contribution is -0.678. The van der Waals surface area contributed by atoms with Crippen molar-refractivity contribution in [2.75, 3.05) is 13.1 Å². The molecule has 1 atom stereocenters. The minimum Gasteiger partial charge on any atom is -0.493 e. The predicted octanol–water partition coefficient (Wildman–Crippen LogP) is 0.698. The molecule has 5 N–H and O–H groups in total. The van der Waals surface area contributed by atoms with E-state index < -0.39 is 11.9 Å². The van der Waals surface area contributed by atoms with Gasteiger partial charge in [-0.2, -0.15) is 0 Å². The van der Waals surface area contributed by atoms with Gasteiger partial charge in [-0.25, -0.2) is 0 Å². The summed E-state index contributed by atoms with van der Waals surface area (Å²) >= 11 is 3.34. The molecule has 0 radical (unpaired) electrons. The van der Waals surface area contributed by atoms with Gasteiger partial charge in [-0.15, -0.1) is 10.2 Å². The van der Waals surface area contributed by atoms with Gasteiger partial charge in [0.15, 0.2) is 11.7 Å². The first kappa shape index (κ1) is 15.6. The van der Waals surface area contributed by atoms with E-state index in [0.717, 1.165) is 11.0 Å². The molecule has 8 nitrogen and oxygen atoms in total. The Morgan fingerprint density at radius 1 is 1.48 bits per heavy atom. The van der Waals surface area contributed by atoms with Crippen LogP contribution in [-0.4, -0.2) is 41.0 Å². The molecule has 3 rings (SSSR count). The van der Waals surface area contributed by atoms with Crippen molar-refractivity contribution in [2.24, 2.45) is 10.2 Å². The van der Waals surface area contributed by atoms with E-state index >= 15 is 0 Å². The van der Waals surface area contributed by atoms with Gasteiger partial charge in [-0.1, -0.05) is 15.9 Å². The van der Waals surface area contributed by atoms with Crippen LogP contribution >= 0.6 is 15.9 Å². The van der Waals surface area contributed by atoms with E-state index in [-0.39, 0.29) is 23.9 Å². The maximum atomic E-state index is 11.9. The summed E-state index contributed by atoms with van der Waals surface area (Å²) in [6, 6.07) is 4.90. The Balaban J connectivity index is 1.77. The number of halogens is 1. The minimum atomic E-state index is -0.507. The second-order valence-corrected chi connectivity index (χ2v) is 6.15. The van der Waals surface area contributed by atoms with Crippen LogP contribution in [0.3, 0.4) is 0 Å². The molecular formula is C14H15BrN5O3+. The fourth-order valence-corrected chi connectivity index (χ4v) is 2.83. The summed E-state index contributed by atoms with van der Waals surface area (Å²) in [7, 11) is 0. The Morgan fingerprint density at radius 3 is 3.09 bits per heavy atom. The molecule has 0 unspecified atom stereocenters. The second kappa shape index (κ2) is 6.47. The number of hydrogen-bond donors (Lipinski definition) is 4. The van der Waals surface area contributed by atoms with Crippen LogP contribution < -0.4 is 10.6 Å². The summed E-state index contributed by atoms with van der Waals surface area (Å²) in [6.07, 6.45) is -0.0256. The number of hydrogen-bond acceptors (Lipinski definition) is 4. The van der Waals surface area contributed by atoms with E-state index in [4.69, 9.17) is 0 Å². The first-order valence-electron chi connectivity index (χ1n) is 7.10. The molecule has 1 aromatic carbocycles. The number of fused-ring (bicyclic) bond motifs is 1. The van der Waals surface area contributed by atoms with E-state index in [1.807, 2.05) is 11.4 Å². The Morgan fingerprint density at radius 2 is 2.30 bits per heavy atom. The Hall–Kier alpha value is -2.26. The second-order valence-electron chi connectivity index (χ2n) is 5.23. The van der Waals surface area contributed by atoms with Crippen LogP contribution in [0.2, 0.25) is 0 Å². The fraction of sp³-hybridized carbons (Fsp3) is 0.286. The van der Waals surface area contributed by atoms with E-state index in [9.17, 15) is 14.7 Å². The SMILES string of the molecule is O=C(C[C@H]1[NH2+]CCNC1=O)N=Nc1c(O)[nH]c2ccc(Br)cc12. The summed E-state index contributed by atoms with van der Waals surface area (Å²) in [5.74, 6) is -0.831. The third-order valence-corrected chi connectivity index (χ3v) is 4.09. The molecule has 0 saturated carbocycles. The molecule has 1 fully saturated rings. The molecule has 1 aromatic heterocycles. The number of piperazine rings is 1. The van der Waals surface area contributed by atoms with Crippen molar-refractivity contribution in [3.05, 3.63) is 22.7 Å². The van der Waals surface area contributed by atoms with Gasteiger partial charge in [-0.3, -0.25) is 9.59 Å². The lowest BCUT2D eigenvalue weighted by Crippen LogP contribution is -2.96. The number of quaternary nitrogens is 1. The highest BCUT2D eigenvalue weighted by molar-refractivity contribution is 9.10. The molecule has 2 heterocycles. The zero-order chi connectivity index (χ0) is 16.4. The molecule has 120 valence electrons. The molecule has 1 aliphatic rings. The molecule has 0 spiro atoms.